The lowest BCUT2D eigenvalue weighted by Gasteiger charge is -2.09. The molecule has 1 amide bonds. The fourth-order valence-electron chi connectivity index (χ4n) is 2.53. The summed E-state index contributed by atoms with van der Waals surface area (Å²) in [6.07, 6.45) is 0.367. The Morgan fingerprint density at radius 1 is 1.18 bits per heavy atom. The van der Waals surface area contributed by atoms with Gasteiger partial charge in [-0.2, -0.15) is 4.98 Å². The van der Waals surface area contributed by atoms with Crippen LogP contribution in [0.1, 0.15) is 13.3 Å². The van der Waals surface area contributed by atoms with Gasteiger partial charge in [-0.05, 0) is 30.3 Å². The lowest BCUT2D eigenvalue weighted by molar-refractivity contribution is -0.115. The molecule has 0 spiro atoms. The zero-order valence-corrected chi connectivity index (χ0v) is 15.7. The number of amides is 1. The van der Waals surface area contributed by atoms with Crippen molar-refractivity contribution in [3.05, 3.63) is 54.3 Å². The van der Waals surface area contributed by atoms with Gasteiger partial charge >= 0.3 is 6.01 Å². The van der Waals surface area contributed by atoms with Crippen LogP contribution in [-0.4, -0.2) is 41.0 Å². The fourth-order valence-corrected chi connectivity index (χ4v) is 2.53. The molecular formula is C20H21FN4O3. The molecule has 0 saturated carbocycles. The molecule has 0 fully saturated rings. The van der Waals surface area contributed by atoms with Gasteiger partial charge in [0, 0.05) is 19.2 Å². The second kappa shape index (κ2) is 9.09. The molecule has 1 heterocycles. The molecule has 0 radical (unpaired) electrons. The van der Waals surface area contributed by atoms with E-state index in [1.807, 2.05) is 0 Å². The molecule has 0 aliphatic rings. The third-order valence-electron chi connectivity index (χ3n) is 3.92. The largest absolute Gasteiger partial charge is 0.460 e. The van der Waals surface area contributed by atoms with E-state index >= 15 is 0 Å². The minimum atomic E-state index is -0.421. The van der Waals surface area contributed by atoms with E-state index in [0.717, 1.165) is 0 Å². The minimum Gasteiger partial charge on any atom is -0.460 e. The Kier molecular flexibility index (Phi) is 6.33. The number of aromatic nitrogens is 3. The van der Waals surface area contributed by atoms with E-state index in [4.69, 9.17) is 9.47 Å². The highest BCUT2D eigenvalue weighted by atomic mass is 19.1. The average Bonchev–Trinajstić information content (AvgIpc) is 3.12. The van der Waals surface area contributed by atoms with Crippen LogP contribution in [0.2, 0.25) is 0 Å². The van der Waals surface area contributed by atoms with E-state index < -0.39 is 5.82 Å². The molecule has 0 aliphatic carbocycles. The topological polar surface area (TPSA) is 78.3 Å². The third-order valence-corrected chi connectivity index (χ3v) is 3.92. The molecule has 3 rings (SSSR count). The van der Waals surface area contributed by atoms with Gasteiger partial charge in [0.25, 0.3) is 0 Å². The molecule has 0 aliphatic heterocycles. The second-order valence-corrected chi connectivity index (χ2v) is 5.90. The summed E-state index contributed by atoms with van der Waals surface area (Å²) in [4.78, 5) is 16.0. The Morgan fingerprint density at radius 2 is 2.00 bits per heavy atom. The number of hydrogen-bond donors (Lipinski definition) is 1. The van der Waals surface area contributed by atoms with E-state index in [9.17, 15) is 9.18 Å². The van der Waals surface area contributed by atoms with Gasteiger partial charge in [0.05, 0.1) is 17.9 Å². The van der Waals surface area contributed by atoms with Crippen LogP contribution in [-0.2, 0) is 9.53 Å². The summed E-state index contributed by atoms with van der Waals surface area (Å²) in [6.45, 7) is 2.42. The SMILES string of the molecule is CCC(=O)Nc1cccc(-n2nc(OCCOC)nc2-c2ccccc2F)c1. The van der Waals surface area contributed by atoms with Crippen LogP contribution in [0.4, 0.5) is 10.1 Å². The lowest BCUT2D eigenvalue weighted by atomic mass is 10.2. The van der Waals surface area contributed by atoms with Gasteiger partial charge in [-0.15, -0.1) is 5.10 Å². The Balaban J connectivity index is 2.02. The number of halogens is 1. The fraction of sp³-hybridized carbons (Fsp3) is 0.250. The van der Waals surface area contributed by atoms with Crippen LogP contribution in [0.25, 0.3) is 17.1 Å². The molecule has 0 unspecified atom stereocenters. The summed E-state index contributed by atoms with van der Waals surface area (Å²) in [5, 5.41) is 7.16. The zero-order chi connectivity index (χ0) is 19.9. The summed E-state index contributed by atoms with van der Waals surface area (Å²) in [5.74, 6) is -0.229. The van der Waals surface area contributed by atoms with Crippen LogP contribution in [0.3, 0.4) is 0 Å². The predicted molar refractivity (Wildman–Crippen MR) is 103 cm³/mol. The zero-order valence-electron chi connectivity index (χ0n) is 15.7. The maximum atomic E-state index is 14.4. The normalized spacial score (nSPS) is 10.7. The van der Waals surface area contributed by atoms with Crippen LogP contribution in [0, 0.1) is 5.82 Å². The van der Waals surface area contributed by atoms with Gasteiger partial charge in [0.1, 0.15) is 12.4 Å². The van der Waals surface area contributed by atoms with Crippen LogP contribution in [0.15, 0.2) is 48.5 Å². The van der Waals surface area contributed by atoms with E-state index in [1.54, 1.807) is 56.5 Å². The van der Waals surface area contributed by atoms with Gasteiger partial charge in [-0.25, -0.2) is 9.07 Å². The molecular weight excluding hydrogens is 363 g/mol. The third kappa shape index (κ3) is 4.52. The monoisotopic (exact) mass is 384 g/mol. The standard InChI is InChI=1S/C20H21FN4O3/c1-3-18(26)22-14-7-6-8-15(13-14)25-19(16-9-4-5-10-17(16)21)23-20(24-25)28-12-11-27-2/h4-10,13H,3,11-12H2,1-2H3,(H,22,26). The highest BCUT2D eigenvalue weighted by molar-refractivity contribution is 5.90. The minimum absolute atomic E-state index is 0.103. The van der Waals surface area contributed by atoms with E-state index in [-0.39, 0.29) is 18.5 Å². The van der Waals surface area contributed by atoms with Gasteiger partial charge in [0.15, 0.2) is 5.82 Å². The van der Waals surface area contributed by atoms with Gasteiger partial charge < -0.3 is 14.8 Å². The van der Waals surface area contributed by atoms with Crippen LogP contribution in [0.5, 0.6) is 6.01 Å². The number of carbonyl (C=O) groups is 1. The Hall–Kier alpha value is -3.26. The number of benzene rings is 2. The molecule has 2 aromatic carbocycles. The average molecular weight is 384 g/mol. The lowest BCUT2D eigenvalue weighted by Crippen LogP contribution is -2.10. The van der Waals surface area contributed by atoms with Crippen molar-refractivity contribution in [3.8, 4) is 23.1 Å². The van der Waals surface area contributed by atoms with E-state index in [0.29, 0.717) is 35.8 Å². The number of anilines is 1. The first-order valence-corrected chi connectivity index (χ1v) is 8.86. The van der Waals surface area contributed by atoms with Crippen molar-refractivity contribution in [1.82, 2.24) is 14.8 Å². The Morgan fingerprint density at radius 3 is 2.75 bits per heavy atom. The van der Waals surface area contributed by atoms with Crippen LogP contribution < -0.4 is 10.1 Å². The summed E-state index contributed by atoms with van der Waals surface area (Å²) in [7, 11) is 1.57. The van der Waals surface area contributed by atoms with Crippen molar-refractivity contribution in [3.63, 3.8) is 0 Å². The second-order valence-electron chi connectivity index (χ2n) is 5.90. The summed E-state index contributed by atoms with van der Waals surface area (Å²) < 4.78 is 26.3. The molecule has 1 aromatic heterocycles. The molecule has 7 nitrogen and oxygen atoms in total. The first-order chi connectivity index (χ1) is 13.6. The number of carbonyl (C=O) groups excluding carboxylic acids is 1. The Labute approximate surface area is 162 Å². The van der Waals surface area contributed by atoms with E-state index in [1.165, 1.54) is 10.7 Å². The quantitative estimate of drug-likeness (QED) is 0.602. The van der Waals surface area contributed by atoms with Crippen LogP contribution >= 0.6 is 0 Å². The molecule has 0 saturated heterocycles. The smallest absolute Gasteiger partial charge is 0.336 e. The van der Waals surface area contributed by atoms with Crippen molar-refractivity contribution >= 4 is 11.6 Å². The van der Waals surface area contributed by atoms with Crippen molar-refractivity contribution in [1.29, 1.82) is 0 Å². The highest BCUT2D eigenvalue weighted by Crippen LogP contribution is 2.26. The first-order valence-electron chi connectivity index (χ1n) is 8.86. The Bertz CT molecular complexity index is 958. The number of ether oxygens (including phenoxy) is 2. The molecule has 8 heteroatoms. The molecule has 3 aromatic rings. The molecule has 0 bridgehead atoms. The number of hydrogen-bond acceptors (Lipinski definition) is 5. The predicted octanol–water partition coefficient (Wildman–Crippen LogP) is 3.45. The van der Waals surface area contributed by atoms with Gasteiger partial charge in [-0.1, -0.05) is 25.1 Å². The number of nitrogens with one attached hydrogen (secondary N) is 1. The summed E-state index contributed by atoms with van der Waals surface area (Å²) >= 11 is 0. The van der Waals surface area contributed by atoms with Crippen molar-refractivity contribution in [2.75, 3.05) is 25.6 Å². The molecule has 28 heavy (non-hydrogen) atoms. The molecule has 0 atom stereocenters. The van der Waals surface area contributed by atoms with Crippen molar-refractivity contribution < 1.29 is 18.7 Å². The molecule has 146 valence electrons. The maximum absolute atomic E-state index is 14.4. The van der Waals surface area contributed by atoms with Crippen molar-refractivity contribution in [2.45, 2.75) is 13.3 Å². The first kappa shape index (κ1) is 19.5. The van der Waals surface area contributed by atoms with E-state index in [2.05, 4.69) is 15.4 Å². The number of methoxy groups -OCH3 is 1. The van der Waals surface area contributed by atoms with Gasteiger partial charge in [-0.3, -0.25) is 4.79 Å². The summed E-state index contributed by atoms with van der Waals surface area (Å²) in [5.41, 5.74) is 1.52. The highest BCUT2D eigenvalue weighted by Gasteiger charge is 2.18. The maximum Gasteiger partial charge on any atom is 0.336 e. The van der Waals surface area contributed by atoms with Gasteiger partial charge in [0.2, 0.25) is 5.91 Å². The van der Waals surface area contributed by atoms with Crippen molar-refractivity contribution in [2.24, 2.45) is 0 Å². The number of nitrogens with zero attached hydrogens (tertiary/aromatic N) is 3. The number of rotatable bonds is 8. The summed E-state index contributed by atoms with van der Waals surface area (Å²) in [6, 6.07) is 13.5. The molecule has 1 N–H and O–H groups in total.